The standard InChI is InChI=1S/C27H23N7O5/c1-37-18-10-8-17(9-11-18)30-26-31-25(28-15-19-5-4-14-38-19)32-27(33-26)34-29-16-20-12-13-23(39-20)21-6-2-3-7-22(21)24(35)36/h2-14,16H,15H2,1H3,(H,35,36)(H3,28,30,31,32,33,34)/b29-16-. The number of benzene rings is 2. The molecule has 0 atom stereocenters. The van der Waals surface area contributed by atoms with E-state index in [9.17, 15) is 9.90 Å². The van der Waals surface area contributed by atoms with E-state index in [0.29, 0.717) is 35.3 Å². The lowest BCUT2D eigenvalue weighted by Crippen LogP contribution is -2.09. The Morgan fingerprint density at radius 3 is 2.54 bits per heavy atom. The summed E-state index contributed by atoms with van der Waals surface area (Å²) in [7, 11) is 1.60. The van der Waals surface area contributed by atoms with Gasteiger partial charge in [-0.15, -0.1) is 0 Å². The van der Waals surface area contributed by atoms with E-state index < -0.39 is 5.97 Å². The Kier molecular flexibility index (Phi) is 7.44. The summed E-state index contributed by atoms with van der Waals surface area (Å²) >= 11 is 0. The molecule has 0 radical (unpaired) electrons. The molecule has 12 nitrogen and oxygen atoms in total. The van der Waals surface area contributed by atoms with Gasteiger partial charge in [-0.1, -0.05) is 18.2 Å². The van der Waals surface area contributed by atoms with E-state index in [2.05, 4.69) is 36.1 Å². The zero-order valence-electron chi connectivity index (χ0n) is 20.7. The minimum atomic E-state index is -1.04. The molecule has 0 spiro atoms. The lowest BCUT2D eigenvalue weighted by Gasteiger charge is -2.10. The van der Waals surface area contributed by atoms with Gasteiger partial charge < -0.3 is 29.3 Å². The van der Waals surface area contributed by atoms with Crippen LogP contribution in [-0.4, -0.2) is 39.4 Å². The van der Waals surface area contributed by atoms with Crippen molar-refractivity contribution in [2.24, 2.45) is 5.10 Å². The number of nitrogens with zero attached hydrogens (tertiary/aromatic N) is 4. The van der Waals surface area contributed by atoms with Crippen LogP contribution in [0.25, 0.3) is 11.3 Å². The fourth-order valence-electron chi connectivity index (χ4n) is 3.55. The van der Waals surface area contributed by atoms with Crippen LogP contribution in [0, 0.1) is 0 Å². The third kappa shape index (κ3) is 6.38. The number of nitrogens with one attached hydrogen (secondary N) is 3. The molecule has 2 aromatic carbocycles. The summed E-state index contributed by atoms with van der Waals surface area (Å²) in [5.41, 5.74) is 4.14. The van der Waals surface area contributed by atoms with E-state index in [0.717, 1.165) is 11.4 Å². The van der Waals surface area contributed by atoms with Gasteiger partial charge in [0.25, 0.3) is 0 Å². The lowest BCUT2D eigenvalue weighted by atomic mass is 10.1. The number of rotatable bonds is 11. The van der Waals surface area contributed by atoms with Crippen LogP contribution in [0.3, 0.4) is 0 Å². The maximum absolute atomic E-state index is 11.5. The molecule has 5 rings (SSSR count). The fourth-order valence-corrected chi connectivity index (χ4v) is 3.55. The second-order valence-electron chi connectivity index (χ2n) is 8.02. The Bertz CT molecular complexity index is 1580. The second kappa shape index (κ2) is 11.6. The van der Waals surface area contributed by atoms with Crippen molar-refractivity contribution in [2.75, 3.05) is 23.2 Å². The van der Waals surface area contributed by atoms with Crippen LogP contribution in [0.4, 0.5) is 23.5 Å². The predicted octanol–water partition coefficient (Wildman–Crippen LogP) is 5.23. The van der Waals surface area contributed by atoms with Crippen LogP contribution in [0.5, 0.6) is 5.75 Å². The molecule has 5 aromatic rings. The Morgan fingerprint density at radius 1 is 0.974 bits per heavy atom. The SMILES string of the molecule is COc1ccc(Nc2nc(NCc3ccco3)nc(N/N=C\c3ccc(-c4ccccc4C(=O)O)o3)n2)cc1. The number of carboxylic acid groups (broad SMARTS) is 1. The molecule has 3 heterocycles. The smallest absolute Gasteiger partial charge is 0.336 e. The summed E-state index contributed by atoms with van der Waals surface area (Å²) in [6, 6.07) is 20.9. The van der Waals surface area contributed by atoms with E-state index in [1.54, 1.807) is 49.8 Å². The zero-order valence-corrected chi connectivity index (χ0v) is 20.7. The first kappa shape index (κ1) is 25.0. The van der Waals surface area contributed by atoms with Crippen molar-refractivity contribution in [3.05, 3.63) is 96.1 Å². The monoisotopic (exact) mass is 525 g/mol. The number of hydrogen-bond acceptors (Lipinski definition) is 11. The van der Waals surface area contributed by atoms with Crippen molar-refractivity contribution in [3.63, 3.8) is 0 Å². The van der Waals surface area contributed by atoms with Crippen LogP contribution in [-0.2, 0) is 6.54 Å². The molecule has 4 N–H and O–H groups in total. The first-order chi connectivity index (χ1) is 19.1. The van der Waals surface area contributed by atoms with Gasteiger partial charge in [0, 0.05) is 11.3 Å². The topological polar surface area (TPSA) is 160 Å². The molecule has 0 aliphatic rings. The van der Waals surface area contributed by atoms with Crippen LogP contribution in [0.1, 0.15) is 21.9 Å². The molecule has 0 saturated carbocycles. The Morgan fingerprint density at radius 2 is 1.77 bits per heavy atom. The van der Waals surface area contributed by atoms with Gasteiger partial charge in [0.2, 0.25) is 17.8 Å². The summed E-state index contributed by atoms with van der Waals surface area (Å²) < 4.78 is 16.3. The van der Waals surface area contributed by atoms with Gasteiger partial charge in [0.05, 0.1) is 31.7 Å². The van der Waals surface area contributed by atoms with Gasteiger partial charge in [-0.2, -0.15) is 20.1 Å². The van der Waals surface area contributed by atoms with E-state index >= 15 is 0 Å². The number of ether oxygens (including phenoxy) is 1. The highest BCUT2D eigenvalue weighted by molar-refractivity contribution is 5.95. The Labute approximate surface area is 222 Å². The highest BCUT2D eigenvalue weighted by atomic mass is 16.5. The first-order valence-electron chi connectivity index (χ1n) is 11.7. The molecule has 39 heavy (non-hydrogen) atoms. The van der Waals surface area contributed by atoms with Crippen molar-refractivity contribution < 1.29 is 23.5 Å². The molecule has 0 aliphatic carbocycles. The third-order valence-electron chi connectivity index (χ3n) is 5.39. The van der Waals surface area contributed by atoms with Crippen molar-refractivity contribution in [1.82, 2.24) is 15.0 Å². The number of furan rings is 2. The predicted molar refractivity (Wildman–Crippen MR) is 144 cm³/mol. The quantitative estimate of drug-likeness (QED) is 0.132. The van der Waals surface area contributed by atoms with Crippen LogP contribution in [0.15, 0.2) is 93.0 Å². The normalized spacial score (nSPS) is 10.9. The highest BCUT2D eigenvalue weighted by Gasteiger charge is 2.14. The number of methoxy groups -OCH3 is 1. The van der Waals surface area contributed by atoms with Gasteiger partial charge in [-0.25, -0.2) is 10.2 Å². The first-order valence-corrected chi connectivity index (χ1v) is 11.7. The largest absolute Gasteiger partial charge is 0.497 e. The van der Waals surface area contributed by atoms with Gasteiger partial charge in [0.15, 0.2) is 0 Å². The maximum atomic E-state index is 11.5. The number of carboxylic acids is 1. The number of carbonyl (C=O) groups is 1. The zero-order chi connectivity index (χ0) is 27.0. The summed E-state index contributed by atoms with van der Waals surface area (Å²) in [6.45, 7) is 0.370. The van der Waals surface area contributed by atoms with E-state index in [1.165, 1.54) is 12.3 Å². The van der Waals surface area contributed by atoms with Crippen molar-refractivity contribution in [1.29, 1.82) is 0 Å². The summed E-state index contributed by atoms with van der Waals surface area (Å²) in [6.07, 6.45) is 3.02. The number of hydrogen-bond donors (Lipinski definition) is 4. The van der Waals surface area contributed by atoms with Gasteiger partial charge >= 0.3 is 5.97 Å². The number of hydrazone groups is 1. The average molecular weight is 526 g/mol. The van der Waals surface area contributed by atoms with Crippen LogP contribution >= 0.6 is 0 Å². The molecule has 0 aliphatic heterocycles. The van der Waals surface area contributed by atoms with Crippen LogP contribution < -0.4 is 20.8 Å². The molecule has 0 fully saturated rings. The molecule has 0 bridgehead atoms. The molecule has 0 saturated heterocycles. The molecule has 196 valence electrons. The lowest BCUT2D eigenvalue weighted by molar-refractivity contribution is 0.0697. The molecular weight excluding hydrogens is 502 g/mol. The van der Waals surface area contributed by atoms with Crippen molar-refractivity contribution in [3.8, 4) is 17.1 Å². The van der Waals surface area contributed by atoms with Crippen molar-refractivity contribution in [2.45, 2.75) is 6.54 Å². The molecule has 3 aromatic heterocycles. The minimum absolute atomic E-state index is 0.144. The minimum Gasteiger partial charge on any atom is -0.497 e. The number of aromatic nitrogens is 3. The molecule has 0 unspecified atom stereocenters. The van der Waals surface area contributed by atoms with Gasteiger partial charge in [-0.3, -0.25) is 0 Å². The highest BCUT2D eigenvalue weighted by Crippen LogP contribution is 2.25. The molecule has 0 amide bonds. The summed E-state index contributed by atoms with van der Waals surface area (Å²) in [5.74, 6) is 1.95. The van der Waals surface area contributed by atoms with E-state index in [-0.39, 0.29) is 17.5 Å². The van der Waals surface area contributed by atoms with Gasteiger partial charge in [-0.05, 0) is 54.6 Å². The third-order valence-corrected chi connectivity index (χ3v) is 5.39. The Balaban J connectivity index is 1.33. The fraction of sp³-hybridized carbons (Fsp3) is 0.0741. The summed E-state index contributed by atoms with van der Waals surface area (Å²) in [4.78, 5) is 24.7. The maximum Gasteiger partial charge on any atom is 0.336 e. The number of anilines is 4. The average Bonchev–Trinajstić information content (AvgIpc) is 3.65. The molecular formula is C27H23N7O5. The summed E-state index contributed by atoms with van der Waals surface area (Å²) in [5, 5.41) is 19.8. The molecule has 12 heteroatoms. The van der Waals surface area contributed by atoms with Crippen molar-refractivity contribution >= 4 is 35.7 Å². The van der Waals surface area contributed by atoms with Gasteiger partial charge in [0.1, 0.15) is 23.0 Å². The second-order valence-corrected chi connectivity index (χ2v) is 8.02. The van der Waals surface area contributed by atoms with E-state index in [4.69, 9.17) is 13.6 Å². The Hall–Kier alpha value is -5.65. The number of aromatic carboxylic acids is 1. The van der Waals surface area contributed by atoms with E-state index in [1.807, 2.05) is 30.3 Å². The van der Waals surface area contributed by atoms with Crippen LogP contribution in [0.2, 0.25) is 0 Å².